The molecule has 6 nitrogen and oxygen atoms in total. The summed E-state index contributed by atoms with van der Waals surface area (Å²) in [6.45, 7) is 2.79. The number of anilines is 2. The predicted molar refractivity (Wildman–Crippen MR) is 90.8 cm³/mol. The van der Waals surface area contributed by atoms with Crippen molar-refractivity contribution in [3.05, 3.63) is 58.9 Å². The van der Waals surface area contributed by atoms with Crippen LogP contribution in [-0.2, 0) is 0 Å². The van der Waals surface area contributed by atoms with Gasteiger partial charge < -0.3 is 10.2 Å². The van der Waals surface area contributed by atoms with Crippen molar-refractivity contribution in [2.75, 3.05) is 29.9 Å². The number of pyridine rings is 1. The molecular formula is C17H20N4O2. The fourth-order valence-electron chi connectivity index (χ4n) is 2.99. The molecule has 23 heavy (non-hydrogen) atoms. The largest absolute Gasteiger partial charge is 0.379 e. The summed E-state index contributed by atoms with van der Waals surface area (Å²) in [5.74, 6) is 0.535. The van der Waals surface area contributed by atoms with E-state index in [1.54, 1.807) is 12.1 Å². The second kappa shape index (κ2) is 7.09. The molecule has 0 aliphatic carbocycles. The summed E-state index contributed by atoms with van der Waals surface area (Å²) >= 11 is 0. The van der Waals surface area contributed by atoms with Crippen LogP contribution in [0.5, 0.6) is 0 Å². The normalized spacial score (nSPS) is 15.4. The minimum Gasteiger partial charge on any atom is -0.379 e. The Morgan fingerprint density at radius 1 is 1.17 bits per heavy atom. The Bertz CT molecular complexity index is 655. The molecule has 0 spiro atoms. The lowest BCUT2D eigenvalue weighted by Gasteiger charge is -2.33. The van der Waals surface area contributed by atoms with Crippen LogP contribution in [0.25, 0.3) is 0 Å². The van der Waals surface area contributed by atoms with Gasteiger partial charge in [-0.05, 0) is 37.0 Å². The van der Waals surface area contributed by atoms with Gasteiger partial charge in [0.05, 0.1) is 4.92 Å². The van der Waals surface area contributed by atoms with Crippen molar-refractivity contribution in [3.63, 3.8) is 0 Å². The number of nitro groups is 1. The molecule has 1 aliphatic heterocycles. The van der Waals surface area contributed by atoms with Gasteiger partial charge in [0.25, 0.3) is 5.69 Å². The Morgan fingerprint density at radius 3 is 2.57 bits per heavy atom. The number of para-hydroxylation sites is 2. The number of nitrogens with zero attached hydrogens (tertiary/aromatic N) is 3. The van der Waals surface area contributed by atoms with Gasteiger partial charge in [0, 0.05) is 43.8 Å². The summed E-state index contributed by atoms with van der Waals surface area (Å²) in [5, 5.41) is 14.3. The fourth-order valence-corrected chi connectivity index (χ4v) is 2.99. The molecule has 1 aliphatic rings. The zero-order valence-electron chi connectivity index (χ0n) is 12.9. The van der Waals surface area contributed by atoms with Crippen molar-refractivity contribution in [1.29, 1.82) is 0 Å². The van der Waals surface area contributed by atoms with Crippen molar-refractivity contribution in [1.82, 2.24) is 4.98 Å². The SMILES string of the molecule is O=[N+]([O-])c1ccccc1NCC1CCN(c2ccncc2)CC1. The zero-order valence-corrected chi connectivity index (χ0v) is 12.9. The van der Waals surface area contributed by atoms with E-state index < -0.39 is 0 Å². The van der Waals surface area contributed by atoms with E-state index in [2.05, 4.69) is 15.2 Å². The number of rotatable bonds is 5. The lowest BCUT2D eigenvalue weighted by Crippen LogP contribution is -2.35. The Balaban J connectivity index is 1.53. The molecule has 3 rings (SSSR count). The van der Waals surface area contributed by atoms with Gasteiger partial charge >= 0.3 is 0 Å². The molecule has 0 saturated carbocycles. The molecule has 2 heterocycles. The standard InChI is InChI=1S/C17H20N4O2/c22-21(23)17-4-2-1-3-16(17)19-13-14-7-11-20(12-8-14)15-5-9-18-10-6-15/h1-6,9-10,14,19H,7-8,11-13H2. The van der Waals surface area contributed by atoms with Gasteiger partial charge in [-0.2, -0.15) is 0 Å². The minimum atomic E-state index is -0.339. The topological polar surface area (TPSA) is 71.3 Å². The van der Waals surface area contributed by atoms with Crippen molar-refractivity contribution >= 4 is 17.1 Å². The van der Waals surface area contributed by atoms with E-state index in [1.165, 1.54) is 11.8 Å². The van der Waals surface area contributed by atoms with Crippen LogP contribution in [0.1, 0.15) is 12.8 Å². The number of nitro benzene ring substituents is 1. The van der Waals surface area contributed by atoms with Crippen LogP contribution in [0.4, 0.5) is 17.1 Å². The second-order valence-corrected chi connectivity index (χ2v) is 5.79. The molecule has 1 fully saturated rings. The summed E-state index contributed by atoms with van der Waals surface area (Å²) in [5.41, 5.74) is 1.96. The smallest absolute Gasteiger partial charge is 0.292 e. The summed E-state index contributed by atoms with van der Waals surface area (Å²) in [4.78, 5) is 17.1. The van der Waals surface area contributed by atoms with Gasteiger partial charge in [0.2, 0.25) is 0 Å². The molecule has 1 saturated heterocycles. The molecule has 0 atom stereocenters. The molecule has 0 unspecified atom stereocenters. The van der Waals surface area contributed by atoms with E-state index in [0.717, 1.165) is 32.5 Å². The molecule has 0 bridgehead atoms. The lowest BCUT2D eigenvalue weighted by molar-refractivity contribution is -0.384. The lowest BCUT2D eigenvalue weighted by atomic mass is 9.96. The number of hydrogen-bond acceptors (Lipinski definition) is 5. The highest BCUT2D eigenvalue weighted by Gasteiger charge is 2.20. The average Bonchev–Trinajstić information content (AvgIpc) is 2.61. The van der Waals surface area contributed by atoms with Crippen LogP contribution in [0.3, 0.4) is 0 Å². The van der Waals surface area contributed by atoms with E-state index >= 15 is 0 Å². The Morgan fingerprint density at radius 2 is 1.87 bits per heavy atom. The monoisotopic (exact) mass is 312 g/mol. The van der Waals surface area contributed by atoms with Gasteiger partial charge in [-0.3, -0.25) is 15.1 Å². The first-order chi connectivity index (χ1) is 11.2. The first-order valence-corrected chi connectivity index (χ1v) is 7.86. The van der Waals surface area contributed by atoms with Crippen molar-refractivity contribution in [2.45, 2.75) is 12.8 Å². The highest BCUT2D eigenvalue weighted by atomic mass is 16.6. The summed E-state index contributed by atoms with van der Waals surface area (Å²) in [6, 6.07) is 10.9. The van der Waals surface area contributed by atoms with Crippen molar-refractivity contribution in [3.8, 4) is 0 Å². The first-order valence-electron chi connectivity index (χ1n) is 7.86. The number of hydrogen-bond donors (Lipinski definition) is 1. The van der Waals surface area contributed by atoms with Crippen molar-refractivity contribution in [2.24, 2.45) is 5.92 Å². The zero-order chi connectivity index (χ0) is 16.1. The molecular weight excluding hydrogens is 292 g/mol. The number of aromatic nitrogens is 1. The molecule has 1 N–H and O–H groups in total. The molecule has 0 radical (unpaired) electrons. The molecule has 0 amide bonds. The Hall–Kier alpha value is -2.63. The van der Waals surface area contributed by atoms with Gasteiger partial charge in [0.1, 0.15) is 5.69 Å². The molecule has 120 valence electrons. The average molecular weight is 312 g/mol. The van der Waals surface area contributed by atoms with Gasteiger partial charge in [-0.15, -0.1) is 0 Å². The summed E-state index contributed by atoms with van der Waals surface area (Å²) < 4.78 is 0. The van der Waals surface area contributed by atoms with Crippen LogP contribution in [0.15, 0.2) is 48.8 Å². The van der Waals surface area contributed by atoms with E-state index in [4.69, 9.17) is 0 Å². The van der Waals surface area contributed by atoms with Crippen LogP contribution in [0, 0.1) is 16.0 Å². The highest BCUT2D eigenvalue weighted by Crippen LogP contribution is 2.26. The fraction of sp³-hybridized carbons (Fsp3) is 0.353. The summed E-state index contributed by atoms with van der Waals surface area (Å²) in [6.07, 6.45) is 5.79. The van der Waals surface area contributed by atoms with E-state index in [1.807, 2.05) is 30.6 Å². The Kier molecular flexibility index (Phi) is 4.71. The molecule has 6 heteroatoms. The molecule has 1 aromatic carbocycles. The maximum atomic E-state index is 11.0. The number of nitrogens with one attached hydrogen (secondary N) is 1. The van der Waals surface area contributed by atoms with Gasteiger partial charge in [0.15, 0.2) is 0 Å². The summed E-state index contributed by atoms with van der Waals surface area (Å²) in [7, 11) is 0. The van der Waals surface area contributed by atoms with Crippen LogP contribution < -0.4 is 10.2 Å². The molecule has 1 aromatic heterocycles. The second-order valence-electron chi connectivity index (χ2n) is 5.79. The minimum absolute atomic E-state index is 0.140. The predicted octanol–water partition coefficient (Wildman–Crippen LogP) is 3.32. The molecule has 2 aromatic rings. The van der Waals surface area contributed by atoms with Crippen LogP contribution >= 0.6 is 0 Å². The highest BCUT2D eigenvalue weighted by molar-refractivity contribution is 5.61. The third-order valence-corrected chi connectivity index (χ3v) is 4.32. The maximum Gasteiger partial charge on any atom is 0.292 e. The van der Waals surface area contributed by atoms with Crippen molar-refractivity contribution < 1.29 is 4.92 Å². The van der Waals surface area contributed by atoms with Crippen LogP contribution in [0.2, 0.25) is 0 Å². The third-order valence-electron chi connectivity index (χ3n) is 4.32. The Labute approximate surface area is 135 Å². The first kappa shape index (κ1) is 15.3. The van der Waals surface area contributed by atoms with E-state index in [0.29, 0.717) is 11.6 Å². The van der Waals surface area contributed by atoms with Gasteiger partial charge in [-0.25, -0.2) is 0 Å². The number of piperidine rings is 1. The van der Waals surface area contributed by atoms with E-state index in [-0.39, 0.29) is 10.6 Å². The maximum absolute atomic E-state index is 11.0. The quantitative estimate of drug-likeness (QED) is 0.677. The van der Waals surface area contributed by atoms with E-state index in [9.17, 15) is 10.1 Å². The third kappa shape index (κ3) is 3.77. The van der Waals surface area contributed by atoms with Gasteiger partial charge in [-0.1, -0.05) is 12.1 Å². The number of benzene rings is 1. The van der Waals surface area contributed by atoms with Crippen LogP contribution in [-0.4, -0.2) is 29.5 Å².